The van der Waals surface area contributed by atoms with Crippen molar-refractivity contribution in [2.45, 2.75) is 38.9 Å². The highest BCUT2D eigenvalue weighted by Crippen LogP contribution is 2.23. The Kier molecular flexibility index (Phi) is 6.51. The predicted octanol–water partition coefficient (Wildman–Crippen LogP) is 3.18. The zero-order valence-corrected chi connectivity index (χ0v) is 17.0. The van der Waals surface area contributed by atoms with E-state index in [-0.39, 0.29) is 41.1 Å². The van der Waals surface area contributed by atoms with Crippen molar-refractivity contribution in [1.29, 1.82) is 5.26 Å². The molecule has 0 saturated carbocycles. The van der Waals surface area contributed by atoms with E-state index in [9.17, 15) is 19.2 Å². The van der Waals surface area contributed by atoms with Gasteiger partial charge in [0.2, 0.25) is 11.4 Å². The van der Waals surface area contributed by atoms with Crippen LogP contribution in [0.25, 0.3) is 10.5 Å². The lowest BCUT2D eigenvalue weighted by molar-refractivity contribution is 0.0515. The van der Waals surface area contributed by atoms with E-state index in [4.69, 9.17) is 16.0 Å². The summed E-state index contributed by atoms with van der Waals surface area (Å²) in [6, 6.07) is 6.64. The number of hydrogen-bond donors (Lipinski definition) is 0. The molecular weight excluding hydrogens is 405 g/mol. The Hall–Kier alpha value is -3.92. The summed E-state index contributed by atoms with van der Waals surface area (Å²) in [7, 11) is 0. The molecule has 1 saturated heterocycles. The van der Waals surface area contributed by atoms with Crippen LogP contribution in [0.4, 0.5) is 14.9 Å². The van der Waals surface area contributed by atoms with Gasteiger partial charge in [-0.05, 0) is 26.0 Å². The van der Waals surface area contributed by atoms with Crippen LogP contribution in [0, 0.1) is 23.7 Å². The van der Waals surface area contributed by atoms with Gasteiger partial charge in [0.05, 0.1) is 24.4 Å². The second-order valence-corrected chi connectivity index (χ2v) is 7.20. The van der Waals surface area contributed by atoms with Gasteiger partial charge in [0.15, 0.2) is 5.75 Å². The van der Waals surface area contributed by atoms with Gasteiger partial charge in [0, 0.05) is 25.9 Å². The van der Waals surface area contributed by atoms with E-state index < -0.39 is 11.4 Å². The average Bonchev–Trinajstić information content (AvgIpc) is 2.74. The topological polar surface area (TPSA) is 102 Å². The summed E-state index contributed by atoms with van der Waals surface area (Å²) in [5.74, 6) is -0.756. The molecule has 1 amide bonds. The Bertz CT molecular complexity index is 1120. The second kappa shape index (κ2) is 9.26. The first kappa shape index (κ1) is 21.8. The molecule has 1 aromatic carbocycles. The zero-order chi connectivity index (χ0) is 22.5. The average molecular weight is 425 g/mol. The number of likely N-dealkylation sites (tertiary alicyclic amines) is 1. The van der Waals surface area contributed by atoms with Crippen LogP contribution in [-0.4, -0.2) is 46.1 Å². The van der Waals surface area contributed by atoms with Crippen molar-refractivity contribution in [2.75, 3.05) is 13.1 Å². The van der Waals surface area contributed by atoms with E-state index in [1.54, 1.807) is 18.7 Å². The number of nitriles is 1. The quantitative estimate of drug-likeness (QED) is 0.698. The number of amides is 1. The first-order valence-electron chi connectivity index (χ1n) is 9.66. The largest absolute Gasteiger partial charge is 0.487 e. The number of piperidine rings is 1. The molecule has 2 heterocycles. The monoisotopic (exact) mass is 425 g/mol. The van der Waals surface area contributed by atoms with Crippen LogP contribution >= 0.6 is 0 Å². The maximum atomic E-state index is 13.9. The Morgan fingerprint density at radius 3 is 2.65 bits per heavy atom. The normalized spacial score (nSPS) is 14.1. The number of ether oxygens (including phenoxy) is 2. The fraction of sp³-hybridized carbons (Fsp3) is 0.381. The second-order valence-electron chi connectivity index (χ2n) is 7.20. The molecule has 0 N–H and O–H groups in total. The molecule has 2 aromatic rings. The maximum Gasteiger partial charge on any atom is 0.410 e. The molecule has 1 aliphatic heterocycles. The smallest absolute Gasteiger partial charge is 0.410 e. The standard InChI is InChI=1S/C21H20FN5O4/c1-13(2)30-21(29)26-8-6-15(7-9-26)31-19-11-20(28)27(25-18(19)12-23)14-4-5-17(24-3)16(22)10-14/h4-5,10-11,13,15H,6-9H2,1-2H3. The van der Waals surface area contributed by atoms with Gasteiger partial charge in [-0.2, -0.15) is 9.94 Å². The highest BCUT2D eigenvalue weighted by Gasteiger charge is 2.26. The van der Waals surface area contributed by atoms with Crippen LogP contribution in [-0.2, 0) is 4.74 Å². The zero-order valence-electron chi connectivity index (χ0n) is 17.0. The summed E-state index contributed by atoms with van der Waals surface area (Å²) in [6.45, 7) is 11.3. The molecule has 1 aliphatic rings. The summed E-state index contributed by atoms with van der Waals surface area (Å²) in [4.78, 5) is 29.1. The molecule has 160 valence electrons. The SMILES string of the molecule is [C-]#[N+]c1ccc(-n2nc(C#N)c(OC3CCN(C(=O)OC(C)C)CC3)cc2=O)cc1F. The fourth-order valence-corrected chi connectivity index (χ4v) is 3.12. The molecule has 0 bridgehead atoms. The predicted molar refractivity (Wildman–Crippen MR) is 108 cm³/mol. The maximum absolute atomic E-state index is 13.9. The number of nitrogens with zero attached hydrogens (tertiary/aromatic N) is 5. The van der Waals surface area contributed by atoms with E-state index in [0.717, 1.165) is 16.8 Å². The minimum atomic E-state index is -0.789. The van der Waals surface area contributed by atoms with Crippen LogP contribution in [0.1, 0.15) is 32.4 Å². The number of carbonyl (C=O) groups excluding carboxylic acids is 1. The molecule has 0 atom stereocenters. The van der Waals surface area contributed by atoms with Crippen LogP contribution in [0.3, 0.4) is 0 Å². The van der Waals surface area contributed by atoms with E-state index in [1.807, 2.05) is 6.07 Å². The Balaban J connectivity index is 1.75. The van der Waals surface area contributed by atoms with Crippen molar-refractivity contribution in [2.24, 2.45) is 0 Å². The van der Waals surface area contributed by atoms with Crippen molar-refractivity contribution in [1.82, 2.24) is 14.7 Å². The molecule has 0 radical (unpaired) electrons. The molecule has 1 aromatic heterocycles. The third kappa shape index (κ3) is 4.98. The number of carbonyl (C=O) groups is 1. The van der Waals surface area contributed by atoms with E-state index in [1.165, 1.54) is 12.1 Å². The van der Waals surface area contributed by atoms with Gasteiger partial charge in [-0.1, -0.05) is 6.07 Å². The van der Waals surface area contributed by atoms with E-state index in [0.29, 0.717) is 25.9 Å². The number of halogens is 1. The molecule has 10 heteroatoms. The first-order valence-corrected chi connectivity index (χ1v) is 9.66. The molecule has 3 rings (SSSR count). The van der Waals surface area contributed by atoms with Gasteiger partial charge in [-0.15, -0.1) is 5.10 Å². The van der Waals surface area contributed by atoms with Gasteiger partial charge in [-0.3, -0.25) is 4.79 Å². The van der Waals surface area contributed by atoms with Crippen LogP contribution in [0.2, 0.25) is 0 Å². The minimum Gasteiger partial charge on any atom is -0.487 e. The Morgan fingerprint density at radius 1 is 1.35 bits per heavy atom. The molecule has 31 heavy (non-hydrogen) atoms. The third-order valence-electron chi connectivity index (χ3n) is 4.63. The Morgan fingerprint density at radius 2 is 2.06 bits per heavy atom. The van der Waals surface area contributed by atoms with Gasteiger partial charge in [-0.25, -0.2) is 14.0 Å². The van der Waals surface area contributed by atoms with Crippen molar-refractivity contribution in [3.05, 3.63) is 57.5 Å². The number of rotatable bonds is 4. The van der Waals surface area contributed by atoms with Gasteiger partial charge >= 0.3 is 6.09 Å². The molecule has 0 spiro atoms. The number of aromatic nitrogens is 2. The molecule has 0 unspecified atom stereocenters. The van der Waals surface area contributed by atoms with Gasteiger partial charge in [0.25, 0.3) is 5.56 Å². The van der Waals surface area contributed by atoms with Crippen molar-refractivity contribution in [3.8, 4) is 17.5 Å². The lowest BCUT2D eigenvalue weighted by atomic mass is 10.1. The summed E-state index contributed by atoms with van der Waals surface area (Å²) in [6.07, 6.45) is 0.118. The number of benzene rings is 1. The van der Waals surface area contributed by atoms with Crippen LogP contribution in [0.5, 0.6) is 5.75 Å². The Labute approximate surface area is 178 Å². The first-order chi connectivity index (χ1) is 14.8. The summed E-state index contributed by atoms with van der Waals surface area (Å²) in [5, 5.41) is 13.4. The third-order valence-corrected chi connectivity index (χ3v) is 4.63. The number of hydrogen-bond acceptors (Lipinski definition) is 6. The minimum absolute atomic E-state index is 0.0326. The summed E-state index contributed by atoms with van der Waals surface area (Å²) in [5.41, 5.74) is -0.825. The lowest BCUT2D eigenvalue weighted by Crippen LogP contribution is -2.42. The lowest BCUT2D eigenvalue weighted by Gasteiger charge is -2.32. The molecular formula is C21H20FN5O4. The summed E-state index contributed by atoms with van der Waals surface area (Å²) >= 11 is 0. The van der Waals surface area contributed by atoms with Crippen molar-refractivity contribution >= 4 is 11.8 Å². The highest BCUT2D eigenvalue weighted by atomic mass is 19.1. The van der Waals surface area contributed by atoms with Crippen molar-refractivity contribution in [3.63, 3.8) is 0 Å². The van der Waals surface area contributed by atoms with Gasteiger partial charge in [0.1, 0.15) is 18.0 Å². The fourth-order valence-electron chi connectivity index (χ4n) is 3.12. The van der Waals surface area contributed by atoms with E-state index >= 15 is 0 Å². The van der Waals surface area contributed by atoms with Crippen LogP contribution < -0.4 is 10.3 Å². The van der Waals surface area contributed by atoms with Crippen LogP contribution in [0.15, 0.2) is 29.1 Å². The van der Waals surface area contributed by atoms with E-state index in [2.05, 4.69) is 9.94 Å². The highest BCUT2D eigenvalue weighted by molar-refractivity contribution is 5.67. The summed E-state index contributed by atoms with van der Waals surface area (Å²) < 4.78 is 25.8. The molecule has 0 aliphatic carbocycles. The van der Waals surface area contributed by atoms with Crippen molar-refractivity contribution < 1.29 is 18.7 Å². The molecule has 9 nitrogen and oxygen atoms in total. The van der Waals surface area contributed by atoms with Gasteiger partial charge < -0.3 is 14.4 Å². The molecule has 1 fully saturated rings.